The van der Waals surface area contributed by atoms with Crippen LogP contribution in [0.5, 0.6) is 0 Å². The first-order valence-corrected chi connectivity index (χ1v) is 18.5. The monoisotopic (exact) mass is 710 g/mol. The van der Waals surface area contributed by atoms with Crippen LogP contribution in [0.15, 0.2) is 36.4 Å². The van der Waals surface area contributed by atoms with Crippen molar-refractivity contribution in [3.05, 3.63) is 47.5 Å². The number of rotatable bonds is 20. The Morgan fingerprint density at radius 2 is 0.765 bits per heavy atom. The van der Waals surface area contributed by atoms with Crippen molar-refractivity contribution in [1.82, 2.24) is 0 Å². The van der Waals surface area contributed by atoms with Gasteiger partial charge in [0.25, 0.3) is 0 Å². The van der Waals surface area contributed by atoms with Gasteiger partial charge in [-0.2, -0.15) is 0 Å². The molecule has 5 rings (SSSR count). The van der Waals surface area contributed by atoms with Gasteiger partial charge in [0.2, 0.25) is 0 Å². The molecular weight excluding hydrogens is 650 g/mol. The Labute approximate surface area is 306 Å². The molecular formula is C39H60B2O10. The molecule has 3 aliphatic rings. The van der Waals surface area contributed by atoms with Crippen molar-refractivity contribution >= 4 is 25.2 Å². The Hall–Kier alpha value is -1.83. The first kappa shape index (κ1) is 40.4. The average molecular weight is 711 g/mol. The molecule has 10 nitrogen and oxygen atoms in total. The molecule has 51 heavy (non-hydrogen) atoms. The van der Waals surface area contributed by atoms with Crippen molar-refractivity contribution < 1.29 is 47.0 Å². The summed E-state index contributed by atoms with van der Waals surface area (Å²) in [6.45, 7) is 22.0. The van der Waals surface area contributed by atoms with Crippen LogP contribution in [0.1, 0.15) is 79.4 Å². The molecule has 0 aromatic heterocycles. The number of fused-ring (bicyclic) bond motifs is 3. The summed E-state index contributed by atoms with van der Waals surface area (Å²) < 4.78 is 60.2. The first-order valence-electron chi connectivity index (χ1n) is 18.5. The van der Waals surface area contributed by atoms with Crippen LogP contribution in [-0.4, -0.2) is 117 Å². The molecule has 1 aliphatic carbocycles. The van der Waals surface area contributed by atoms with E-state index in [9.17, 15) is 0 Å². The fraction of sp³-hybridized carbons (Fsp3) is 0.692. The second-order valence-corrected chi connectivity index (χ2v) is 15.8. The van der Waals surface area contributed by atoms with E-state index in [0.29, 0.717) is 66.1 Å². The molecule has 0 saturated carbocycles. The van der Waals surface area contributed by atoms with Gasteiger partial charge in [0, 0.05) is 32.8 Å². The molecule has 2 aromatic carbocycles. The number of methoxy groups -OCH3 is 2. The summed E-state index contributed by atoms with van der Waals surface area (Å²) >= 11 is 0. The van der Waals surface area contributed by atoms with E-state index in [1.807, 2.05) is 0 Å². The van der Waals surface area contributed by atoms with Gasteiger partial charge in [0.1, 0.15) is 0 Å². The van der Waals surface area contributed by atoms with Crippen LogP contribution in [-0.2, 0) is 52.5 Å². The van der Waals surface area contributed by atoms with E-state index in [-0.39, 0.29) is 0 Å². The van der Waals surface area contributed by atoms with E-state index in [4.69, 9.17) is 47.0 Å². The van der Waals surface area contributed by atoms with E-state index < -0.39 is 42.1 Å². The third-order valence-corrected chi connectivity index (χ3v) is 11.4. The fourth-order valence-electron chi connectivity index (χ4n) is 6.87. The largest absolute Gasteiger partial charge is 0.494 e. The van der Waals surface area contributed by atoms with Crippen LogP contribution < -0.4 is 10.9 Å². The Morgan fingerprint density at radius 1 is 0.451 bits per heavy atom. The first-order chi connectivity index (χ1) is 24.2. The van der Waals surface area contributed by atoms with Gasteiger partial charge in [-0.15, -0.1) is 0 Å². The maximum Gasteiger partial charge on any atom is 0.494 e. The Kier molecular flexibility index (Phi) is 13.2. The second-order valence-electron chi connectivity index (χ2n) is 15.8. The molecule has 2 aromatic rings. The Bertz CT molecular complexity index is 1310. The molecule has 2 fully saturated rings. The standard InChI is InChI=1S/C39H60B2O10/c1-35(2)36(3,4)49-40(48-35)29-11-13-31-32-14-12-30(41-50-37(5,6)38(7,8)51-41)28-34(32)39(33(31)27-29,15-17-44-23-25-46-21-19-42-9)16-18-45-24-26-47-22-20-43-10/h11-14,27-28H,15-26H2,1-10H3. The van der Waals surface area contributed by atoms with E-state index >= 15 is 0 Å². The summed E-state index contributed by atoms with van der Waals surface area (Å²) in [6.07, 6.45) is 1.47. The van der Waals surface area contributed by atoms with Gasteiger partial charge in [0.05, 0.1) is 75.3 Å². The lowest BCUT2D eigenvalue weighted by atomic mass is 9.68. The maximum atomic E-state index is 6.54. The van der Waals surface area contributed by atoms with Gasteiger partial charge >= 0.3 is 14.2 Å². The van der Waals surface area contributed by atoms with Crippen molar-refractivity contribution in [2.75, 3.05) is 80.3 Å². The molecule has 0 spiro atoms. The third kappa shape index (κ3) is 8.78. The van der Waals surface area contributed by atoms with E-state index in [1.54, 1.807) is 14.2 Å². The summed E-state index contributed by atoms with van der Waals surface area (Å²) in [5, 5.41) is 0. The lowest BCUT2D eigenvalue weighted by Crippen LogP contribution is -2.41. The van der Waals surface area contributed by atoms with Crippen molar-refractivity contribution in [3.63, 3.8) is 0 Å². The topological polar surface area (TPSA) is 92.3 Å². The number of hydrogen-bond donors (Lipinski definition) is 0. The van der Waals surface area contributed by atoms with Crippen molar-refractivity contribution in [2.45, 2.75) is 96.1 Å². The van der Waals surface area contributed by atoms with Crippen LogP contribution >= 0.6 is 0 Å². The van der Waals surface area contributed by atoms with Crippen LogP contribution in [0.3, 0.4) is 0 Å². The zero-order valence-corrected chi connectivity index (χ0v) is 32.7. The minimum atomic E-state index is -0.483. The Morgan fingerprint density at radius 3 is 1.10 bits per heavy atom. The molecule has 0 atom stereocenters. The maximum absolute atomic E-state index is 6.54. The van der Waals surface area contributed by atoms with E-state index in [0.717, 1.165) is 23.8 Å². The highest BCUT2D eigenvalue weighted by Gasteiger charge is 2.54. The normalized spacial score (nSPS) is 20.6. The highest BCUT2D eigenvalue weighted by molar-refractivity contribution is 6.62. The summed E-state index contributed by atoms with van der Waals surface area (Å²) in [7, 11) is 2.38. The second kappa shape index (κ2) is 16.7. The molecule has 0 radical (unpaired) electrons. The number of benzene rings is 2. The average Bonchev–Trinajstić information content (AvgIpc) is 3.57. The predicted molar refractivity (Wildman–Crippen MR) is 200 cm³/mol. The van der Waals surface area contributed by atoms with Gasteiger partial charge in [-0.3, -0.25) is 0 Å². The van der Waals surface area contributed by atoms with Crippen LogP contribution in [0.4, 0.5) is 0 Å². The zero-order valence-electron chi connectivity index (χ0n) is 32.7. The Balaban J connectivity index is 1.49. The molecule has 282 valence electrons. The lowest BCUT2D eigenvalue weighted by molar-refractivity contribution is 0.00578. The van der Waals surface area contributed by atoms with Crippen LogP contribution in [0.2, 0.25) is 0 Å². The zero-order chi connectivity index (χ0) is 36.9. The lowest BCUT2D eigenvalue weighted by Gasteiger charge is -2.33. The van der Waals surface area contributed by atoms with Crippen molar-refractivity contribution in [3.8, 4) is 11.1 Å². The van der Waals surface area contributed by atoms with Gasteiger partial charge in [-0.25, -0.2) is 0 Å². The quantitative estimate of drug-likeness (QED) is 0.143. The van der Waals surface area contributed by atoms with Crippen LogP contribution in [0.25, 0.3) is 11.1 Å². The van der Waals surface area contributed by atoms with E-state index in [2.05, 4.69) is 91.8 Å². The van der Waals surface area contributed by atoms with Gasteiger partial charge in [0.15, 0.2) is 0 Å². The summed E-state index contributed by atoms with van der Waals surface area (Å²) in [5.74, 6) is 0. The van der Waals surface area contributed by atoms with Gasteiger partial charge in [-0.05, 0) is 101 Å². The molecule has 0 N–H and O–H groups in total. The van der Waals surface area contributed by atoms with Crippen molar-refractivity contribution in [1.29, 1.82) is 0 Å². The number of hydrogen-bond acceptors (Lipinski definition) is 10. The van der Waals surface area contributed by atoms with Gasteiger partial charge < -0.3 is 47.0 Å². The SMILES string of the molecule is COCCOCCOCCC1(CCOCCOCCOC)c2cc(B3OC(C)(C)C(C)(C)O3)ccc2-c2ccc(B3OC(C)(C)C(C)(C)O3)cc21. The summed E-state index contributed by atoms with van der Waals surface area (Å²) in [5.41, 5.74) is 4.57. The molecule has 0 unspecified atom stereocenters. The van der Waals surface area contributed by atoms with Gasteiger partial charge in [-0.1, -0.05) is 36.4 Å². The summed E-state index contributed by atoms with van der Waals surface area (Å²) in [6, 6.07) is 13.3. The van der Waals surface area contributed by atoms with E-state index in [1.165, 1.54) is 22.3 Å². The van der Waals surface area contributed by atoms with Crippen LogP contribution in [0, 0.1) is 0 Å². The smallest absolute Gasteiger partial charge is 0.399 e. The third-order valence-electron chi connectivity index (χ3n) is 11.4. The highest BCUT2D eigenvalue weighted by Crippen LogP contribution is 2.53. The molecule has 12 heteroatoms. The summed E-state index contributed by atoms with van der Waals surface area (Å²) in [4.78, 5) is 0. The minimum absolute atomic E-state index is 0.433. The predicted octanol–water partition coefficient (Wildman–Crippen LogP) is 4.69. The fourth-order valence-corrected chi connectivity index (χ4v) is 6.87. The molecule has 0 amide bonds. The highest BCUT2D eigenvalue weighted by atomic mass is 16.7. The molecule has 0 bridgehead atoms. The minimum Gasteiger partial charge on any atom is -0.399 e. The molecule has 2 heterocycles. The molecule has 2 aliphatic heterocycles. The molecule has 2 saturated heterocycles. The number of ether oxygens (including phenoxy) is 6. The van der Waals surface area contributed by atoms with Crippen molar-refractivity contribution in [2.24, 2.45) is 0 Å².